The number of pyridine rings is 2. The van der Waals surface area contributed by atoms with E-state index < -0.39 is 0 Å². The lowest BCUT2D eigenvalue weighted by Gasteiger charge is -2.05. The van der Waals surface area contributed by atoms with E-state index >= 15 is 0 Å². The number of aromatic nitrogens is 2. The number of methoxy groups -OCH3 is 1. The molecule has 0 saturated carbocycles. The lowest BCUT2D eigenvalue weighted by Crippen LogP contribution is -1.89. The smallest absolute Gasteiger partial charge is 0.213 e. The Kier molecular flexibility index (Phi) is 2.88. The Bertz CT molecular complexity index is 738. The third-order valence-corrected chi connectivity index (χ3v) is 3.09. The summed E-state index contributed by atoms with van der Waals surface area (Å²) >= 11 is 0. The van der Waals surface area contributed by atoms with Gasteiger partial charge in [0.15, 0.2) is 0 Å². The van der Waals surface area contributed by atoms with Crippen LogP contribution in [0.4, 0.5) is 0 Å². The molecule has 0 aliphatic heterocycles. The molecule has 94 valence electrons. The first-order valence-corrected chi connectivity index (χ1v) is 6.14. The van der Waals surface area contributed by atoms with E-state index in [2.05, 4.69) is 35.1 Å². The van der Waals surface area contributed by atoms with Crippen LogP contribution < -0.4 is 4.74 Å². The van der Waals surface area contributed by atoms with Gasteiger partial charge in [0.25, 0.3) is 0 Å². The van der Waals surface area contributed by atoms with E-state index in [1.807, 2.05) is 30.5 Å². The topological polar surface area (TPSA) is 35.0 Å². The minimum Gasteiger partial charge on any atom is -0.481 e. The molecule has 2 heterocycles. The Hall–Kier alpha value is -2.42. The Morgan fingerprint density at radius 1 is 1.00 bits per heavy atom. The zero-order valence-corrected chi connectivity index (χ0v) is 10.9. The van der Waals surface area contributed by atoms with Gasteiger partial charge in [-0.05, 0) is 36.8 Å². The van der Waals surface area contributed by atoms with Gasteiger partial charge in [-0.1, -0.05) is 12.1 Å². The van der Waals surface area contributed by atoms with Gasteiger partial charge < -0.3 is 4.74 Å². The Morgan fingerprint density at radius 2 is 1.84 bits per heavy atom. The van der Waals surface area contributed by atoms with Gasteiger partial charge in [0.2, 0.25) is 5.88 Å². The molecule has 3 heteroatoms. The summed E-state index contributed by atoms with van der Waals surface area (Å²) in [6.07, 6.45) is 1.83. The van der Waals surface area contributed by atoms with E-state index in [9.17, 15) is 0 Å². The second-order valence-corrected chi connectivity index (χ2v) is 4.48. The molecule has 0 amide bonds. The van der Waals surface area contributed by atoms with Crippen molar-refractivity contribution >= 4 is 10.9 Å². The Labute approximate surface area is 111 Å². The first kappa shape index (κ1) is 11.7. The highest BCUT2D eigenvalue weighted by Gasteiger charge is 2.03. The van der Waals surface area contributed by atoms with Gasteiger partial charge in [0, 0.05) is 23.2 Å². The SMILES string of the molecule is COc1ccc2ccc(-c3cc(C)ccn3)cc2n1. The van der Waals surface area contributed by atoms with Crippen LogP contribution in [-0.2, 0) is 0 Å². The maximum atomic E-state index is 5.16. The number of hydrogen-bond acceptors (Lipinski definition) is 3. The molecule has 0 N–H and O–H groups in total. The molecule has 0 unspecified atom stereocenters. The third-order valence-electron chi connectivity index (χ3n) is 3.09. The lowest BCUT2D eigenvalue weighted by atomic mass is 10.1. The highest BCUT2D eigenvalue weighted by molar-refractivity contribution is 5.84. The Morgan fingerprint density at radius 3 is 2.63 bits per heavy atom. The quantitative estimate of drug-likeness (QED) is 0.696. The summed E-state index contributed by atoms with van der Waals surface area (Å²) in [7, 11) is 1.63. The number of fused-ring (bicyclic) bond motifs is 1. The van der Waals surface area contributed by atoms with Crippen molar-refractivity contribution in [2.45, 2.75) is 6.92 Å². The summed E-state index contributed by atoms with van der Waals surface area (Å²) in [4.78, 5) is 8.85. The normalized spacial score (nSPS) is 10.6. The molecule has 3 nitrogen and oxygen atoms in total. The maximum Gasteiger partial charge on any atom is 0.213 e. The molecule has 0 fully saturated rings. The van der Waals surface area contributed by atoms with Crippen LogP contribution in [0.3, 0.4) is 0 Å². The van der Waals surface area contributed by atoms with E-state index in [4.69, 9.17) is 4.74 Å². The summed E-state index contributed by atoms with van der Waals surface area (Å²) in [6.45, 7) is 2.06. The third kappa shape index (κ3) is 2.27. The fourth-order valence-corrected chi connectivity index (χ4v) is 2.07. The van der Waals surface area contributed by atoms with Crippen LogP contribution in [0.1, 0.15) is 5.56 Å². The lowest BCUT2D eigenvalue weighted by molar-refractivity contribution is 0.399. The predicted molar refractivity (Wildman–Crippen MR) is 76.3 cm³/mol. The number of nitrogens with zero attached hydrogens (tertiary/aromatic N) is 2. The molecule has 0 aliphatic carbocycles. The zero-order valence-electron chi connectivity index (χ0n) is 10.9. The van der Waals surface area contributed by atoms with Crippen LogP contribution in [0.15, 0.2) is 48.7 Å². The van der Waals surface area contributed by atoms with Crippen LogP contribution in [0.5, 0.6) is 5.88 Å². The van der Waals surface area contributed by atoms with Crippen LogP contribution in [0, 0.1) is 6.92 Å². The minimum atomic E-state index is 0.627. The predicted octanol–water partition coefficient (Wildman–Crippen LogP) is 3.61. The monoisotopic (exact) mass is 250 g/mol. The van der Waals surface area contributed by atoms with Gasteiger partial charge in [-0.15, -0.1) is 0 Å². The van der Waals surface area contributed by atoms with Gasteiger partial charge in [0.1, 0.15) is 0 Å². The van der Waals surface area contributed by atoms with Crippen LogP contribution in [0.25, 0.3) is 22.2 Å². The molecular weight excluding hydrogens is 236 g/mol. The van der Waals surface area contributed by atoms with Crippen LogP contribution in [-0.4, -0.2) is 17.1 Å². The second-order valence-electron chi connectivity index (χ2n) is 4.48. The van der Waals surface area contributed by atoms with Gasteiger partial charge in [-0.2, -0.15) is 0 Å². The van der Waals surface area contributed by atoms with Crippen molar-refractivity contribution in [3.05, 3.63) is 54.2 Å². The highest BCUT2D eigenvalue weighted by atomic mass is 16.5. The summed E-state index contributed by atoms with van der Waals surface area (Å²) in [5, 5.41) is 1.09. The summed E-state index contributed by atoms with van der Waals surface area (Å²) in [6, 6.07) is 14.1. The number of ether oxygens (including phenoxy) is 1. The number of hydrogen-bond donors (Lipinski definition) is 0. The first-order valence-electron chi connectivity index (χ1n) is 6.14. The summed E-state index contributed by atoms with van der Waals surface area (Å²) in [5.74, 6) is 0.627. The van der Waals surface area contributed by atoms with Crippen LogP contribution in [0.2, 0.25) is 0 Å². The second kappa shape index (κ2) is 4.69. The molecule has 0 saturated heterocycles. The average molecular weight is 250 g/mol. The number of aryl methyl sites for hydroxylation is 1. The molecule has 3 rings (SSSR count). The molecule has 2 aromatic heterocycles. The fourth-order valence-electron chi connectivity index (χ4n) is 2.07. The molecule has 0 aliphatic rings. The molecule has 0 spiro atoms. The Balaban J connectivity index is 2.15. The van der Waals surface area contributed by atoms with Crippen LogP contribution >= 0.6 is 0 Å². The van der Waals surface area contributed by atoms with E-state index in [0.717, 1.165) is 22.2 Å². The molecule has 19 heavy (non-hydrogen) atoms. The van der Waals surface area contributed by atoms with E-state index in [0.29, 0.717) is 5.88 Å². The van der Waals surface area contributed by atoms with Crippen molar-refractivity contribution in [2.75, 3.05) is 7.11 Å². The molecule has 0 atom stereocenters. The number of benzene rings is 1. The van der Waals surface area contributed by atoms with Crippen molar-refractivity contribution < 1.29 is 4.74 Å². The van der Waals surface area contributed by atoms with Gasteiger partial charge in [0.05, 0.1) is 18.3 Å². The van der Waals surface area contributed by atoms with Crippen molar-refractivity contribution in [1.29, 1.82) is 0 Å². The largest absolute Gasteiger partial charge is 0.481 e. The molecule has 1 aromatic carbocycles. The van der Waals surface area contributed by atoms with Crippen molar-refractivity contribution in [1.82, 2.24) is 9.97 Å². The minimum absolute atomic E-state index is 0.627. The van der Waals surface area contributed by atoms with Gasteiger partial charge >= 0.3 is 0 Å². The molecular formula is C16H14N2O. The average Bonchev–Trinajstić information content (AvgIpc) is 2.46. The molecule has 3 aromatic rings. The van der Waals surface area contributed by atoms with Crippen molar-refractivity contribution in [2.24, 2.45) is 0 Å². The maximum absolute atomic E-state index is 5.16. The highest BCUT2D eigenvalue weighted by Crippen LogP contribution is 2.24. The zero-order chi connectivity index (χ0) is 13.2. The standard InChI is InChI=1S/C16H14N2O/c1-11-7-8-17-14(9-11)13-4-3-12-5-6-16(19-2)18-15(12)10-13/h3-10H,1-2H3. The first-order chi connectivity index (χ1) is 9.26. The fraction of sp³-hybridized carbons (Fsp3) is 0.125. The summed E-state index contributed by atoms with van der Waals surface area (Å²) in [5.41, 5.74) is 4.15. The number of rotatable bonds is 2. The van der Waals surface area contributed by atoms with Crippen molar-refractivity contribution in [3.8, 4) is 17.1 Å². The van der Waals surface area contributed by atoms with Crippen molar-refractivity contribution in [3.63, 3.8) is 0 Å². The van der Waals surface area contributed by atoms with E-state index in [1.54, 1.807) is 7.11 Å². The van der Waals surface area contributed by atoms with E-state index in [-0.39, 0.29) is 0 Å². The van der Waals surface area contributed by atoms with Gasteiger partial charge in [-0.3, -0.25) is 4.98 Å². The van der Waals surface area contributed by atoms with Gasteiger partial charge in [-0.25, -0.2) is 4.98 Å². The summed E-state index contributed by atoms with van der Waals surface area (Å²) < 4.78 is 5.16. The molecule has 0 radical (unpaired) electrons. The molecule has 0 bridgehead atoms. The van der Waals surface area contributed by atoms with E-state index in [1.165, 1.54) is 5.56 Å².